The Labute approximate surface area is 99.5 Å². The topological polar surface area (TPSA) is 65.2 Å². The van der Waals surface area contributed by atoms with E-state index in [1.807, 2.05) is 12.1 Å². The van der Waals surface area contributed by atoms with E-state index in [1.54, 1.807) is 12.1 Å². The predicted octanol–water partition coefficient (Wildman–Crippen LogP) is 2.29. The summed E-state index contributed by atoms with van der Waals surface area (Å²) in [6.45, 7) is 0. The number of rotatable bonds is 2. The molecule has 0 amide bonds. The summed E-state index contributed by atoms with van der Waals surface area (Å²) in [5, 5.41) is 3.51. The SMILES string of the molecule is COC(=O)c1noc(-c2ccc(Br)cc2)n1. The molecule has 0 radical (unpaired) electrons. The predicted molar refractivity (Wildman–Crippen MR) is 58.8 cm³/mol. The number of nitrogens with zero attached hydrogens (tertiary/aromatic N) is 2. The van der Waals surface area contributed by atoms with Gasteiger partial charge >= 0.3 is 5.97 Å². The lowest BCUT2D eigenvalue weighted by molar-refractivity contribution is 0.0583. The smallest absolute Gasteiger partial charge is 0.379 e. The first-order valence-electron chi connectivity index (χ1n) is 4.38. The van der Waals surface area contributed by atoms with Crippen LogP contribution in [0.5, 0.6) is 0 Å². The highest BCUT2D eigenvalue weighted by molar-refractivity contribution is 9.10. The summed E-state index contributed by atoms with van der Waals surface area (Å²) in [7, 11) is 1.26. The second kappa shape index (κ2) is 4.44. The zero-order valence-corrected chi connectivity index (χ0v) is 9.89. The first-order chi connectivity index (χ1) is 7.70. The van der Waals surface area contributed by atoms with Crippen molar-refractivity contribution < 1.29 is 14.1 Å². The van der Waals surface area contributed by atoms with E-state index in [9.17, 15) is 4.79 Å². The Kier molecular flexibility index (Phi) is 3.00. The zero-order chi connectivity index (χ0) is 11.5. The monoisotopic (exact) mass is 282 g/mol. The average molecular weight is 283 g/mol. The molecule has 16 heavy (non-hydrogen) atoms. The lowest BCUT2D eigenvalue weighted by Gasteiger charge is -1.93. The molecule has 0 unspecified atom stereocenters. The largest absolute Gasteiger partial charge is 0.463 e. The van der Waals surface area contributed by atoms with Crippen molar-refractivity contribution >= 4 is 21.9 Å². The molecule has 0 saturated heterocycles. The highest BCUT2D eigenvalue weighted by atomic mass is 79.9. The zero-order valence-electron chi connectivity index (χ0n) is 8.31. The summed E-state index contributed by atoms with van der Waals surface area (Å²) in [5.41, 5.74) is 0.742. The summed E-state index contributed by atoms with van der Waals surface area (Å²) in [5.74, 6) is -0.416. The molecule has 0 aliphatic rings. The van der Waals surface area contributed by atoms with Crippen LogP contribution in [-0.4, -0.2) is 23.2 Å². The van der Waals surface area contributed by atoms with Crippen LogP contribution < -0.4 is 0 Å². The van der Waals surface area contributed by atoms with E-state index in [0.717, 1.165) is 10.0 Å². The molecule has 6 heteroatoms. The van der Waals surface area contributed by atoms with Crippen molar-refractivity contribution in [2.45, 2.75) is 0 Å². The van der Waals surface area contributed by atoms with Gasteiger partial charge < -0.3 is 9.26 Å². The van der Waals surface area contributed by atoms with Crippen molar-refractivity contribution in [3.05, 3.63) is 34.6 Å². The van der Waals surface area contributed by atoms with Gasteiger partial charge in [0.25, 0.3) is 11.7 Å². The number of benzene rings is 1. The number of carbonyl (C=O) groups excluding carboxylic acids is 1. The molecule has 0 saturated carbocycles. The van der Waals surface area contributed by atoms with Crippen LogP contribution in [0.3, 0.4) is 0 Å². The van der Waals surface area contributed by atoms with Gasteiger partial charge in [0.05, 0.1) is 7.11 Å². The number of ether oxygens (including phenoxy) is 1. The molecule has 0 N–H and O–H groups in total. The fourth-order valence-corrected chi connectivity index (χ4v) is 1.37. The minimum Gasteiger partial charge on any atom is -0.463 e. The van der Waals surface area contributed by atoms with Crippen LogP contribution in [-0.2, 0) is 4.74 Å². The number of halogens is 1. The summed E-state index contributed by atoms with van der Waals surface area (Å²) >= 11 is 3.32. The van der Waals surface area contributed by atoms with Crippen LogP contribution in [0, 0.1) is 0 Å². The third-order valence-corrected chi connectivity index (χ3v) is 2.41. The molecule has 0 atom stereocenters. The number of esters is 1. The van der Waals surface area contributed by atoms with E-state index in [-0.39, 0.29) is 11.7 Å². The van der Waals surface area contributed by atoms with E-state index in [1.165, 1.54) is 7.11 Å². The molecule has 1 aromatic heterocycles. The molecule has 2 aromatic rings. The lowest BCUT2D eigenvalue weighted by atomic mass is 10.2. The van der Waals surface area contributed by atoms with Crippen molar-refractivity contribution in [3.8, 4) is 11.5 Å². The first kappa shape index (κ1) is 10.8. The molecule has 0 aliphatic heterocycles. The highest BCUT2D eigenvalue weighted by Gasteiger charge is 2.15. The molecule has 0 spiro atoms. The van der Waals surface area contributed by atoms with Gasteiger partial charge in [-0.25, -0.2) is 4.79 Å². The highest BCUT2D eigenvalue weighted by Crippen LogP contribution is 2.19. The molecular formula is C10H7BrN2O3. The summed E-state index contributed by atoms with van der Waals surface area (Å²) in [6.07, 6.45) is 0. The maximum Gasteiger partial charge on any atom is 0.379 e. The van der Waals surface area contributed by atoms with Gasteiger partial charge in [0.15, 0.2) is 0 Å². The third-order valence-electron chi connectivity index (χ3n) is 1.89. The molecule has 1 heterocycles. The Morgan fingerprint density at radius 3 is 2.69 bits per heavy atom. The molecule has 0 bridgehead atoms. The Balaban J connectivity index is 2.31. The maximum absolute atomic E-state index is 11.1. The Bertz CT molecular complexity index is 507. The quantitative estimate of drug-likeness (QED) is 0.791. The Morgan fingerprint density at radius 2 is 2.06 bits per heavy atom. The van der Waals surface area contributed by atoms with E-state index in [4.69, 9.17) is 4.52 Å². The normalized spacial score (nSPS) is 10.1. The fraction of sp³-hybridized carbons (Fsp3) is 0.100. The minimum atomic E-state index is -0.618. The molecular weight excluding hydrogens is 276 g/mol. The van der Waals surface area contributed by atoms with Crippen molar-refractivity contribution in [1.82, 2.24) is 10.1 Å². The lowest BCUT2D eigenvalue weighted by Crippen LogP contribution is -2.03. The van der Waals surface area contributed by atoms with Crippen molar-refractivity contribution in [1.29, 1.82) is 0 Å². The summed E-state index contributed by atoms with van der Waals surface area (Å²) in [6, 6.07) is 7.30. The number of hydrogen-bond donors (Lipinski definition) is 0. The molecule has 0 fully saturated rings. The number of carbonyl (C=O) groups is 1. The van der Waals surface area contributed by atoms with Crippen LogP contribution in [0.25, 0.3) is 11.5 Å². The van der Waals surface area contributed by atoms with Gasteiger partial charge in [-0.3, -0.25) is 0 Å². The van der Waals surface area contributed by atoms with Gasteiger partial charge in [-0.05, 0) is 29.4 Å². The number of methoxy groups -OCH3 is 1. The van der Waals surface area contributed by atoms with E-state index in [2.05, 4.69) is 30.8 Å². The third kappa shape index (κ3) is 2.11. The van der Waals surface area contributed by atoms with Gasteiger partial charge in [-0.15, -0.1) is 0 Å². The van der Waals surface area contributed by atoms with Gasteiger partial charge in [0.2, 0.25) is 0 Å². The minimum absolute atomic E-state index is 0.0829. The van der Waals surface area contributed by atoms with Crippen LogP contribution >= 0.6 is 15.9 Å². The van der Waals surface area contributed by atoms with E-state index in [0.29, 0.717) is 0 Å². The van der Waals surface area contributed by atoms with Crippen LogP contribution in [0.2, 0.25) is 0 Å². The summed E-state index contributed by atoms with van der Waals surface area (Å²) in [4.78, 5) is 15.0. The van der Waals surface area contributed by atoms with E-state index < -0.39 is 5.97 Å². The van der Waals surface area contributed by atoms with Gasteiger partial charge in [-0.1, -0.05) is 15.9 Å². The first-order valence-corrected chi connectivity index (χ1v) is 5.18. The van der Waals surface area contributed by atoms with Crippen molar-refractivity contribution in [2.24, 2.45) is 0 Å². The second-order valence-corrected chi connectivity index (χ2v) is 3.84. The summed E-state index contributed by atoms with van der Waals surface area (Å²) < 4.78 is 10.4. The Morgan fingerprint density at radius 1 is 1.38 bits per heavy atom. The van der Waals surface area contributed by atoms with Crippen molar-refractivity contribution in [3.63, 3.8) is 0 Å². The maximum atomic E-state index is 11.1. The number of hydrogen-bond acceptors (Lipinski definition) is 5. The van der Waals surface area contributed by atoms with Crippen LogP contribution in [0.15, 0.2) is 33.3 Å². The molecule has 0 aliphatic carbocycles. The van der Waals surface area contributed by atoms with Gasteiger partial charge in [0, 0.05) is 10.0 Å². The fourth-order valence-electron chi connectivity index (χ4n) is 1.11. The van der Waals surface area contributed by atoms with Crippen molar-refractivity contribution in [2.75, 3.05) is 7.11 Å². The Hall–Kier alpha value is -1.69. The molecule has 82 valence electrons. The number of aromatic nitrogens is 2. The molecule has 2 rings (SSSR count). The van der Waals surface area contributed by atoms with Crippen LogP contribution in [0.4, 0.5) is 0 Å². The molecule has 5 nitrogen and oxygen atoms in total. The standard InChI is InChI=1S/C10H7BrN2O3/c1-15-10(14)8-12-9(16-13-8)6-2-4-7(11)5-3-6/h2-5H,1H3. The van der Waals surface area contributed by atoms with Gasteiger partial charge in [-0.2, -0.15) is 4.98 Å². The second-order valence-electron chi connectivity index (χ2n) is 2.92. The average Bonchev–Trinajstić information content (AvgIpc) is 2.78. The van der Waals surface area contributed by atoms with E-state index >= 15 is 0 Å². The molecule has 1 aromatic carbocycles. The van der Waals surface area contributed by atoms with Gasteiger partial charge in [0.1, 0.15) is 0 Å². The van der Waals surface area contributed by atoms with Crippen LogP contribution in [0.1, 0.15) is 10.6 Å².